The van der Waals surface area contributed by atoms with Crippen LogP contribution in [0.25, 0.3) is 6.08 Å². The molecule has 1 aliphatic heterocycles. The molecule has 0 radical (unpaired) electrons. The third kappa shape index (κ3) is 6.10. The maximum absolute atomic E-state index is 12.7. The standard InChI is InChI=1S/C25H33N3O2/c1-4-18-30-24-11-6-5-9-22(24)12-13-25(29)28-16-14-27(15-17-28)23-10-7-8-21(19-23)20-26(2)3/h5-13,19H,4,14-18,20H2,1-3H3/b13-12+. The van der Waals surface area contributed by atoms with Crippen LogP contribution < -0.4 is 9.64 Å². The summed E-state index contributed by atoms with van der Waals surface area (Å²) in [6.07, 6.45) is 4.49. The number of amides is 1. The molecule has 1 aliphatic rings. The van der Waals surface area contributed by atoms with E-state index in [9.17, 15) is 4.79 Å². The average molecular weight is 408 g/mol. The Hall–Kier alpha value is -2.79. The first-order valence-electron chi connectivity index (χ1n) is 10.7. The maximum atomic E-state index is 12.7. The van der Waals surface area contributed by atoms with Gasteiger partial charge in [0.1, 0.15) is 5.75 Å². The lowest BCUT2D eigenvalue weighted by molar-refractivity contribution is -0.126. The number of nitrogens with zero attached hydrogens (tertiary/aromatic N) is 3. The van der Waals surface area contributed by atoms with Crippen LogP contribution in [0.4, 0.5) is 5.69 Å². The monoisotopic (exact) mass is 407 g/mol. The molecule has 0 aromatic heterocycles. The number of para-hydroxylation sites is 1. The Morgan fingerprint density at radius 3 is 2.57 bits per heavy atom. The van der Waals surface area contributed by atoms with Crippen molar-refractivity contribution in [3.63, 3.8) is 0 Å². The van der Waals surface area contributed by atoms with Crippen molar-refractivity contribution < 1.29 is 9.53 Å². The summed E-state index contributed by atoms with van der Waals surface area (Å²) in [4.78, 5) is 19.1. The molecule has 0 bridgehead atoms. The van der Waals surface area contributed by atoms with Crippen LogP contribution in [0.5, 0.6) is 5.75 Å². The highest BCUT2D eigenvalue weighted by atomic mass is 16.5. The molecule has 0 saturated carbocycles. The summed E-state index contributed by atoms with van der Waals surface area (Å²) in [7, 11) is 4.16. The van der Waals surface area contributed by atoms with E-state index in [1.807, 2.05) is 35.2 Å². The number of piperazine rings is 1. The van der Waals surface area contributed by atoms with Crippen molar-refractivity contribution in [1.82, 2.24) is 9.80 Å². The Bertz CT molecular complexity index is 855. The van der Waals surface area contributed by atoms with E-state index in [1.54, 1.807) is 6.08 Å². The van der Waals surface area contributed by atoms with E-state index < -0.39 is 0 Å². The molecule has 160 valence electrons. The molecule has 0 atom stereocenters. The second kappa shape index (κ2) is 10.8. The van der Waals surface area contributed by atoms with Crippen molar-refractivity contribution in [3.8, 4) is 5.75 Å². The number of rotatable bonds is 8. The lowest BCUT2D eigenvalue weighted by Gasteiger charge is -2.36. The van der Waals surface area contributed by atoms with E-state index in [-0.39, 0.29) is 5.91 Å². The second-order valence-electron chi connectivity index (χ2n) is 7.94. The van der Waals surface area contributed by atoms with E-state index in [0.717, 1.165) is 50.5 Å². The van der Waals surface area contributed by atoms with Crippen LogP contribution in [0.15, 0.2) is 54.6 Å². The van der Waals surface area contributed by atoms with Gasteiger partial charge in [-0.3, -0.25) is 4.79 Å². The van der Waals surface area contributed by atoms with Gasteiger partial charge in [0, 0.05) is 50.1 Å². The molecular weight excluding hydrogens is 374 g/mol. The van der Waals surface area contributed by atoms with Gasteiger partial charge < -0.3 is 19.4 Å². The van der Waals surface area contributed by atoms with Crippen LogP contribution in [-0.4, -0.2) is 62.6 Å². The third-order valence-corrected chi connectivity index (χ3v) is 5.15. The molecule has 1 fully saturated rings. The summed E-state index contributed by atoms with van der Waals surface area (Å²) < 4.78 is 5.77. The number of hydrogen-bond donors (Lipinski definition) is 0. The zero-order valence-corrected chi connectivity index (χ0v) is 18.4. The summed E-state index contributed by atoms with van der Waals surface area (Å²) in [5.74, 6) is 0.882. The van der Waals surface area contributed by atoms with Gasteiger partial charge in [-0.05, 0) is 50.4 Å². The van der Waals surface area contributed by atoms with E-state index in [0.29, 0.717) is 6.61 Å². The van der Waals surface area contributed by atoms with Gasteiger partial charge in [-0.15, -0.1) is 0 Å². The van der Waals surface area contributed by atoms with E-state index in [2.05, 4.69) is 55.1 Å². The number of carbonyl (C=O) groups excluding carboxylic acids is 1. The van der Waals surface area contributed by atoms with Gasteiger partial charge in [0.15, 0.2) is 0 Å². The fourth-order valence-corrected chi connectivity index (χ4v) is 3.63. The minimum Gasteiger partial charge on any atom is -0.493 e. The van der Waals surface area contributed by atoms with E-state index in [4.69, 9.17) is 4.74 Å². The van der Waals surface area contributed by atoms with Crippen molar-refractivity contribution in [3.05, 3.63) is 65.7 Å². The molecule has 5 heteroatoms. The quantitative estimate of drug-likeness (QED) is 0.622. The minimum absolute atomic E-state index is 0.0568. The fourth-order valence-electron chi connectivity index (χ4n) is 3.63. The normalized spacial score (nSPS) is 14.5. The van der Waals surface area contributed by atoms with Crippen LogP contribution in [-0.2, 0) is 11.3 Å². The van der Waals surface area contributed by atoms with Crippen LogP contribution >= 0.6 is 0 Å². The summed E-state index contributed by atoms with van der Waals surface area (Å²) in [5, 5.41) is 0. The molecule has 30 heavy (non-hydrogen) atoms. The number of benzene rings is 2. The zero-order chi connectivity index (χ0) is 21.3. The van der Waals surface area contributed by atoms with Crippen molar-refractivity contribution in [2.45, 2.75) is 19.9 Å². The Morgan fingerprint density at radius 2 is 1.83 bits per heavy atom. The van der Waals surface area contributed by atoms with E-state index >= 15 is 0 Å². The van der Waals surface area contributed by atoms with Gasteiger partial charge in [-0.1, -0.05) is 37.3 Å². The molecule has 1 saturated heterocycles. The SMILES string of the molecule is CCCOc1ccccc1/C=C/C(=O)N1CCN(c2cccc(CN(C)C)c2)CC1. The number of hydrogen-bond acceptors (Lipinski definition) is 4. The predicted octanol–water partition coefficient (Wildman–Crippen LogP) is 3.90. The molecule has 0 spiro atoms. The van der Waals surface area contributed by atoms with Crippen molar-refractivity contribution >= 4 is 17.7 Å². The predicted molar refractivity (Wildman–Crippen MR) is 124 cm³/mol. The van der Waals surface area contributed by atoms with Crippen LogP contribution in [0.2, 0.25) is 0 Å². The molecule has 1 amide bonds. The maximum Gasteiger partial charge on any atom is 0.246 e. The van der Waals surface area contributed by atoms with Crippen LogP contribution in [0.1, 0.15) is 24.5 Å². The Morgan fingerprint density at radius 1 is 1.07 bits per heavy atom. The highest BCUT2D eigenvalue weighted by Gasteiger charge is 2.20. The molecule has 2 aromatic rings. The third-order valence-electron chi connectivity index (χ3n) is 5.15. The minimum atomic E-state index is 0.0568. The first kappa shape index (κ1) is 21.9. The van der Waals surface area contributed by atoms with Gasteiger partial charge in [0.2, 0.25) is 5.91 Å². The first-order chi connectivity index (χ1) is 14.6. The van der Waals surface area contributed by atoms with Gasteiger partial charge in [-0.2, -0.15) is 0 Å². The zero-order valence-electron chi connectivity index (χ0n) is 18.4. The number of carbonyl (C=O) groups is 1. The first-order valence-corrected chi connectivity index (χ1v) is 10.7. The summed E-state index contributed by atoms with van der Waals surface area (Å²) in [6.45, 7) is 6.85. The molecule has 1 heterocycles. The number of ether oxygens (including phenoxy) is 1. The van der Waals surface area contributed by atoms with Gasteiger partial charge in [-0.25, -0.2) is 0 Å². The lowest BCUT2D eigenvalue weighted by atomic mass is 10.1. The smallest absolute Gasteiger partial charge is 0.246 e. The summed E-state index contributed by atoms with van der Waals surface area (Å²) in [6, 6.07) is 16.5. The van der Waals surface area contributed by atoms with Gasteiger partial charge in [0.05, 0.1) is 6.61 Å². The molecule has 0 unspecified atom stereocenters. The molecule has 0 N–H and O–H groups in total. The molecule has 0 aliphatic carbocycles. The second-order valence-corrected chi connectivity index (χ2v) is 7.94. The molecule has 2 aromatic carbocycles. The highest BCUT2D eigenvalue weighted by molar-refractivity contribution is 5.92. The molecule has 5 nitrogen and oxygen atoms in total. The van der Waals surface area contributed by atoms with Crippen LogP contribution in [0, 0.1) is 0 Å². The summed E-state index contributed by atoms with van der Waals surface area (Å²) in [5.41, 5.74) is 3.48. The van der Waals surface area contributed by atoms with E-state index in [1.165, 1.54) is 11.3 Å². The Kier molecular flexibility index (Phi) is 7.91. The van der Waals surface area contributed by atoms with Crippen molar-refractivity contribution in [1.29, 1.82) is 0 Å². The van der Waals surface area contributed by atoms with Crippen molar-refractivity contribution in [2.24, 2.45) is 0 Å². The van der Waals surface area contributed by atoms with Crippen LogP contribution in [0.3, 0.4) is 0 Å². The topological polar surface area (TPSA) is 36.0 Å². The van der Waals surface area contributed by atoms with Crippen molar-refractivity contribution in [2.75, 3.05) is 51.8 Å². The fraction of sp³-hybridized carbons (Fsp3) is 0.400. The van der Waals surface area contributed by atoms with Gasteiger partial charge in [0.25, 0.3) is 0 Å². The van der Waals surface area contributed by atoms with Gasteiger partial charge >= 0.3 is 0 Å². The molecular formula is C25H33N3O2. The summed E-state index contributed by atoms with van der Waals surface area (Å²) >= 11 is 0. The lowest BCUT2D eigenvalue weighted by Crippen LogP contribution is -2.48. The largest absolute Gasteiger partial charge is 0.493 e. The Balaban J connectivity index is 1.56. The highest BCUT2D eigenvalue weighted by Crippen LogP contribution is 2.21. The molecule has 3 rings (SSSR count). The number of anilines is 1. The average Bonchev–Trinajstić information content (AvgIpc) is 2.76. The Labute approximate surface area is 180 Å².